The Bertz CT molecular complexity index is 316. The summed E-state index contributed by atoms with van der Waals surface area (Å²) in [5.41, 5.74) is -2.09. The van der Waals surface area contributed by atoms with E-state index in [1.54, 1.807) is 4.98 Å². The second-order valence-electron chi connectivity index (χ2n) is 1.79. The quantitative estimate of drug-likeness (QED) is 0.633. The number of rotatable bonds is 0. The van der Waals surface area contributed by atoms with Crippen LogP contribution in [0.25, 0.3) is 0 Å². The largest absolute Gasteiger partial charge is 2.00 e. The molecule has 0 fully saturated rings. The van der Waals surface area contributed by atoms with Crippen LogP contribution < -0.4 is 5.69 Å². The fourth-order valence-electron chi connectivity index (χ4n) is 0.534. The van der Waals surface area contributed by atoms with Gasteiger partial charge in [-0.3, -0.25) is 0 Å². The Hall–Kier alpha value is -0.0703. The zero-order chi connectivity index (χ0) is 8.48. The van der Waals surface area contributed by atoms with Crippen LogP contribution in [0, 0.1) is 0 Å². The van der Waals surface area contributed by atoms with Crippen molar-refractivity contribution >= 4 is 37.7 Å². The Morgan fingerprint density at radius 2 is 2.08 bits per heavy atom. The van der Waals surface area contributed by atoms with Crippen molar-refractivity contribution < 1.29 is 16.0 Å². The zero-order valence-electron chi connectivity index (χ0n) is 7.85. The summed E-state index contributed by atoms with van der Waals surface area (Å²) < 4.78 is 35.3. The van der Waals surface area contributed by atoms with E-state index in [1.807, 2.05) is 0 Å². The molecule has 0 aliphatic heterocycles. The monoisotopic (exact) mass is 206 g/mol. The molecule has 1 rings (SSSR count). The van der Waals surface area contributed by atoms with Gasteiger partial charge in [0.05, 0.1) is 0 Å². The number of nitrogens with one attached hydrogen (secondary N) is 1. The maximum absolute atomic E-state index is 11.8. The van der Waals surface area contributed by atoms with Gasteiger partial charge in [-0.1, -0.05) is 0 Å². The van der Waals surface area contributed by atoms with Gasteiger partial charge < -0.3 is 7.84 Å². The summed E-state index contributed by atoms with van der Waals surface area (Å²) in [4.78, 5) is 14.9. The second kappa shape index (κ2) is 4.25. The number of nitrogens with zero attached hydrogens (tertiary/aromatic N) is 1. The van der Waals surface area contributed by atoms with Crippen LogP contribution in [0.15, 0.2) is 17.1 Å². The molecule has 0 aromatic carbocycles. The molecule has 3 nitrogen and oxygen atoms in total. The van der Waals surface area contributed by atoms with Gasteiger partial charge in [-0.2, -0.15) is 13.2 Å². The van der Waals surface area contributed by atoms with Crippen molar-refractivity contribution in [3.63, 3.8) is 0 Å². The van der Waals surface area contributed by atoms with E-state index in [9.17, 15) is 18.0 Å². The smallest absolute Gasteiger partial charge is 1.00 e. The zero-order valence-corrected chi connectivity index (χ0v) is 8.06. The Kier molecular flexibility index (Phi) is 4.22. The van der Waals surface area contributed by atoms with E-state index >= 15 is 0 Å². The Balaban J connectivity index is -0.000000403. The average Bonchev–Trinajstić information content (AvgIpc) is 1.86. The molecular formula is C5H5CaF3N2O. The molecule has 0 saturated carbocycles. The first-order valence-corrected chi connectivity index (χ1v) is 2.62. The van der Waals surface area contributed by atoms with Gasteiger partial charge in [-0.15, -0.1) is 0 Å². The van der Waals surface area contributed by atoms with Crippen molar-refractivity contribution in [1.29, 1.82) is 0 Å². The number of H-pyrrole nitrogens is 1. The van der Waals surface area contributed by atoms with Crippen molar-refractivity contribution in [2.45, 2.75) is 6.18 Å². The molecule has 0 amide bonds. The summed E-state index contributed by atoms with van der Waals surface area (Å²) in [6.07, 6.45) is -3.70. The summed E-state index contributed by atoms with van der Waals surface area (Å²) in [5, 5.41) is 0. The molecule has 1 aromatic rings. The maximum atomic E-state index is 11.8. The van der Waals surface area contributed by atoms with Crippen LogP contribution in [0.1, 0.15) is 8.55 Å². The molecule has 0 aliphatic carbocycles. The molecule has 0 aliphatic rings. The third-order valence-corrected chi connectivity index (χ3v) is 0.980. The Morgan fingerprint density at radius 3 is 2.42 bits per heavy atom. The summed E-state index contributed by atoms with van der Waals surface area (Å²) in [7, 11) is 0. The van der Waals surface area contributed by atoms with E-state index in [2.05, 4.69) is 4.98 Å². The van der Waals surface area contributed by atoms with E-state index in [1.165, 1.54) is 0 Å². The molecule has 1 N–H and O–H groups in total. The molecule has 0 spiro atoms. The number of alkyl halides is 3. The van der Waals surface area contributed by atoms with Crippen LogP contribution in [0.3, 0.4) is 0 Å². The second-order valence-corrected chi connectivity index (χ2v) is 1.79. The minimum atomic E-state index is -4.51. The van der Waals surface area contributed by atoms with E-state index in [0.717, 1.165) is 6.20 Å². The van der Waals surface area contributed by atoms with Crippen molar-refractivity contribution in [3.05, 3.63) is 28.4 Å². The van der Waals surface area contributed by atoms with Gasteiger partial charge in [0, 0.05) is 6.20 Å². The number of halogens is 3. The van der Waals surface area contributed by atoms with Gasteiger partial charge in [0.25, 0.3) is 0 Å². The van der Waals surface area contributed by atoms with Gasteiger partial charge in [0.1, 0.15) is 5.69 Å². The van der Waals surface area contributed by atoms with Crippen LogP contribution in [-0.2, 0) is 6.18 Å². The predicted molar refractivity (Wildman–Crippen MR) is 37.8 cm³/mol. The van der Waals surface area contributed by atoms with Gasteiger partial charge >= 0.3 is 49.6 Å². The molecule has 64 valence electrons. The average molecular weight is 206 g/mol. The first-order valence-electron chi connectivity index (χ1n) is 2.62. The summed E-state index contributed by atoms with van der Waals surface area (Å²) in [5.74, 6) is 0. The third-order valence-electron chi connectivity index (χ3n) is 0.980. The standard InChI is InChI=1S/C5H3F3N2O.Ca.2H/c6-5(7,8)3-1-2-9-4(11)10-3;;;/h1-2H,(H,9,10,11);;;/q;+2;2*-1. The van der Waals surface area contributed by atoms with E-state index in [-0.39, 0.29) is 40.6 Å². The minimum absolute atomic E-state index is 0. The maximum Gasteiger partial charge on any atom is 2.00 e. The van der Waals surface area contributed by atoms with Gasteiger partial charge in [0.2, 0.25) is 0 Å². The number of hydrogen-bond acceptors (Lipinski definition) is 2. The summed E-state index contributed by atoms with van der Waals surface area (Å²) >= 11 is 0. The van der Waals surface area contributed by atoms with Gasteiger partial charge in [0.15, 0.2) is 0 Å². The van der Waals surface area contributed by atoms with E-state index in [4.69, 9.17) is 0 Å². The molecule has 0 saturated heterocycles. The SMILES string of the molecule is O=c1nccc(C(F)(F)F)[nH]1.[Ca+2].[H-].[H-]. The third kappa shape index (κ3) is 3.12. The molecule has 12 heavy (non-hydrogen) atoms. The van der Waals surface area contributed by atoms with Crippen LogP contribution in [0.5, 0.6) is 0 Å². The molecule has 0 atom stereocenters. The van der Waals surface area contributed by atoms with Crippen LogP contribution >= 0.6 is 0 Å². The van der Waals surface area contributed by atoms with Crippen molar-refractivity contribution in [3.8, 4) is 0 Å². The van der Waals surface area contributed by atoms with Crippen LogP contribution in [0.4, 0.5) is 13.2 Å². The Labute approximate surface area is 98.0 Å². The van der Waals surface area contributed by atoms with Gasteiger partial charge in [-0.25, -0.2) is 9.78 Å². The van der Waals surface area contributed by atoms with E-state index in [0.29, 0.717) is 6.07 Å². The van der Waals surface area contributed by atoms with E-state index < -0.39 is 17.6 Å². The fraction of sp³-hybridized carbons (Fsp3) is 0.200. The normalized spacial score (nSPS) is 10.6. The summed E-state index contributed by atoms with van der Waals surface area (Å²) in [6, 6.07) is 0.696. The topological polar surface area (TPSA) is 45.8 Å². The van der Waals surface area contributed by atoms with Crippen LogP contribution in [0.2, 0.25) is 0 Å². The fourth-order valence-corrected chi connectivity index (χ4v) is 0.534. The molecule has 1 heterocycles. The van der Waals surface area contributed by atoms with Crippen molar-refractivity contribution in [1.82, 2.24) is 9.97 Å². The molecule has 0 bridgehead atoms. The number of aromatic amines is 1. The van der Waals surface area contributed by atoms with Crippen molar-refractivity contribution in [2.75, 3.05) is 0 Å². The first-order chi connectivity index (χ1) is 5.00. The molecule has 1 aromatic heterocycles. The number of aromatic nitrogens is 2. The van der Waals surface area contributed by atoms with Crippen LogP contribution in [-0.4, -0.2) is 47.7 Å². The minimum Gasteiger partial charge on any atom is -1.00 e. The number of hydrogen-bond donors (Lipinski definition) is 1. The molecule has 0 radical (unpaired) electrons. The first kappa shape index (κ1) is 11.9. The Morgan fingerprint density at radius 1 is 1.50 bits per heavy atom. The van der Waals surface area contributed by atoms with Gasteiger partial charge in [-0.05, 0) is 6.07 Å². The molecular weight excluding hydrogens is 201 g/mol. The molecule has 0 unspecified atom stereocenters. The predicted octanol–water partition coefficient (Wildman–Crippen LogP) is 0.633. The van der Waals surface area contributed by atoms with Crippen molar-refractivity contribution in [2.24, 2.45) is 0 Å². The summed E-state index contributed by atoms with van der Waals surface area (Å²) in [6.45, 7) is 0. The molecule has 7 heteroatoms.